The Morgan fingerprint density at radius 3 is 2.24 bits per heavy atom. The van der Waals surface area contributed by atoms with E-state index >= 15 is 0 Å². The molecule has 0 fully saturated rings. The third-order valence-electron chi connectivity index (χ3n) is 3.88. The summed E-state index contributed by atoms with van der Waals surface area (Å²) < 4.78 is 28.3. The smallest absolute Gasteiger partial charge is 0.242 e. The highest BCUT2D eigenvalue weighted by Crippen LogP contribution is 2.24. The van der Waals surface area contributed by atoms with Crippen LogP contribution in [0.15, 0.2) is 29.2 Å². The molecule has 0 spiro atoms. The predicted octanol–water partition coefficient (Wildman–Crippen LogP) is 2.24. The molecule has 0 radical (unpaired) electrons. The normalized spacial score (nSPS) is 11.8. The van der Waals surface area contributed by atoms with Crippen LogP contribution in [0.1, 0.15) is 45.6 Å². The van der Waals surface area contributed by atoms with Crippen LogP contribution in [0.2, 0.25) is 0 Å². The lowest BCUT2D eigenvalue weighted by molar-refractivity contribution is 0.341. The van der Waals surface area contributed by atoms with Gasteiger partial charge in [-0.05, 0) is 31.4 Å². The largest absolute Gasteiger partial charge is 0.320 e. The quantitative estimate of drug-likeness (QED) is 0.792. The molecule has 0 amide bonds. The number of nitrogens with two attached hydrogens (primary N) is 1. The highest BCUT2D eigenvalue weighted by atomic mass is 32.2. The first kappa shape index (κ1) is 17.7. The minimum atomic E-state index is -3.61. The van der Waals surface area contributed by atoms with Gasteiger partial charge >= 0.3 is 0 Å². The zero-order chi connectivity index (χ0) is 15.9. The Morgan fingerprint density at radius 1 is 1.14 bits per heavy atom. The summed E-state index contributed by atoms with van der Waals surface area (Å²) >= 11 is 0. The SMILES string of the molecule is CCC(CC)(CC)NS(=O)(=O)c1ccccc1C#CCN. The minimum absolute atomic E-state index is 0.199. The van der Waals surface area contributed by atoms with Crippen molar-refractivity contribution in [1.82, 2.24) is 4.72 Å². The second kappa shape index (κ2) is 7.60. The highest BCUT2D eigenvalue weighted by Gasteiger charge is 2.31. The molecule has 1 rings (SSSR count). The van der Waals surface area contributed by atoms with E-state index in [1.165, 1.54) is 0 Å². The van der Waals surface area contributed by atoms with E-state index in [9.17, 15) is 8.42 Å². The molecule has 116 valence electrons. The third kappa shape index (κ3) is 4.31. The monoisotopic (exact) mass is 308 g/mol. The summed E-state index contributed by atoms with van der Waals surface area (Å²) in [5, 5.41) is 0. The molecule has 0 saturated heterocycles. The van der Waals surface area contributed by atoms with E-state index < -0.39 is 15.6 Å². The van der Waals surface area contributed by atoms with Gasteiger partial charge < -0.3 is 5.73 Å². The van der Waals surface area contributed by atoms with E-state index in [2.05, 4.69) is 16.6 Å². The van der Waals surface area contributed by atoms with Gasteiger partial charge in [-0.3, -0.25) is 0 Å². The Hall–Kier alpha value is -1.35. The van der Waals surface area contributed by atoms with E-state index in [0.29, 0.717) is 5.56 Å². The molecule has 5 heteroatoms. The fourth-order valence-corrected chi connectivity index (χ4v) is 4.04. The Bertz CT molecular complexity index is 615. The first-order valence-corrected chi connectivity index (χ1v) is 8.75. The molecule has 0 bridgehead atoms. The average Bonchev–Trinajstić information content (AvgIpc) is 2.51. The lowest BCUT2D eigenvalue weighted by Gasteiger charge is -2.31. The van der Waals surface area contributed by atoms with E-state index in [1.54, 1.807) is 24.3 Å². The number of hydrogen-bond acceptors (Lipinski definition) is 3. The molecule has 1 aromatic rings. The maximum atomic E-state index is 12.7. The van der Waals surface area contributed by atoms with Crippen molar-refractivity contribution in [2.45, 2.75) is 50.5 Å². The minimum Gasteiger partial charge on any atom is -0.320 e. The van der Waals surface area contributed by atoms with Gasteiger partial charge in [0.25, 0.3) is 0 Å². The first-order chi connectivity index (χ1) is 9.94. The predicted molar refractivity (Wildman–Crippen MR) is 86.3 cm³/mol. The van der Waals surface area contributed by atoms with Crippen molar-refractivity contribution in [1.29, 1.82) is 0 Å². The van der Waals surface area contributed by atoms with Crippen LogP contribution in [0.5, 0.6) is 0 Å². The maximum absolute atomic E-state index is 12.7. The average molecular weight is 308 g/mol. The van der Waals surface area contributed by atoms with Gasteiger partial charge in [-0.2, -0.15) is 0 Å². The lowest BCUT2D eigenvalue weighted by atomic mass is 9.91. The van der Waals surface area contributed by atoms with Crippen LogP contribution in [0.25, 0.3) is 0 Å². The van der Waals surface area contributed by atoms with Crippen molar-refractivity contribution in [3.8, 4) is 11.8 Å². The van der Waals surface area contributed by atoms with E-state index in [0.717, 1.165) is 19.3 Å². The number of benzene rings is 1. The fourth-order valence-electron chi connectivity index (χ4n) is 2.26. The molecule has 0 unspecified atom stereocenters. The van der Waals surface area contributed by atoms with Crippen molar-refractivity contribution in [2.24, 2.45) is 5.73 Å². The van der Waals surface area contributed by atoms with Crippen LogP contribution >= 0.6 is 0 Å². The second-order valence-electron chi connectivity index (χ2n) is 4.95. The van der Waals surface area contributed by atoms with Gasteiger partial charge in [0.15, 0.2) is 0 Å². The molecule has 1 aromatic carbocycles. The number of rotatable bonds is 6. The van der Waals surface area contributed by atoms with Gasteiger partial charge in [0.2, 0.25) is 10.0 Å². The molecule has 0 atom stereocenters. The first-order valence-electron chi connectivity index (χ1n) is 7.26. The summed E-state index contributed by atoms with van der Waals surface area (Å²) in [7, 11) is -3.61. The van der Waals surface area contributed by atoms with E-state index in [-0.39, 0.29) is 11.4 Å². The Balaban J connectivity index is 3.26. The third-order valence-corrected chi connectivity index (χ3v) is 5.52. The van der Waals surface area contributed by atoms with Gasteiger partial charge in [0.05, 0.1) is 11.4 Å². The zero-order valence-electron chi connectivity index (χ0n) is 12.9. The van der Waals surface area contributed by atoms with Gasteiger partial charge in [-0.25, -0.2) is 13.1 Å². The molecule has 0 aliphatic rings. The summed E-state index contributed by atoms with van der Waals surface area (Å²) in [5.41, 5.74) is 5.43. The molecule has 0 saturated carbocycles. The molecule has 21 heavy (non-hydrogen) atoms. The topological polar surface area (TPSA) is 72.2 Å². The zero-order valence-corrected chi connectivity index (χ0v) is 13.8. The molecule has 0 aliphatic heterocycles. The molecule has 0 aliphatic carbocycles. The summed E-state index contributed by atoms with van der Waals surface area (Å²) in [5.74, 6) is 5.53. The van der Waals surface area contributed by atoms with Crippen LogP contribution in [0.4, 0.5) is 0 Å². The summed E-state index contributed by atoms with van der Waals surface area (Å²) in [4.78, 5) is 0.214. The number of hydrogen-bond donors (Lipinski definition) is 2. The van der Waals surface area contributed by atoms with Crippen molar-refractivity contribution in [3.63, 3.8) is 0 Å². The van der Waals surface area contributed by atoms with Crippen molar-refractivity contribution in [3.05, 3.63) is 29.8 Å². The summed E-state index contributed by atoms with van der Waals surface area (Å²) in [6, 6.07) is 6.75. The molecule has 3 N–H and O–H groups in total. The van der Waals surface area contributed by atoms with Crippen LogP contribution in [-0.2, 0) is 10.0 Å². The Morgan fingerprint density at radius 2 is 1.71 bits per heavy atom. The number of sulfonamides is 1. The van der Waals surface area contributed by atoms with Gasteiger partial charge in [0.1, 0.15) is 0 Å². The Labute approximate surface area is 128 Å². The standard InChI is InChI=1S/C16H24N2O2S/c1-4-16(5-2,6-3)18-21(19,20)15-12-8-7-10-14(15)11-9-13-17/h7-8,10,12,18H,4-6,13,17H2,1-3H3. The lowest BCUT2D eigenvalue weighted by Crippen LogP contribution is -2.47. The Kier molecular flexibility index (Phi) is 6.41. The van der Waals surface area contributed by atoms with Crippen molar-refractivity contribution >= 4 is 10.0 Å². The van der Waals surface area contributed by atoms with E-state index in [4.69, 9.17) is 5.73 Å². The van der Waals surface area contributed by atoms with E-state index in [1.807, 2.05) is 20.8 Å². The highest BCUT2D eigenvalue weighted by molar-refractivity contribution is 7.89. The maximum Gasteiger partial charge on any atom is 0.242 e. The fraction of sp³-hybridized carbons (Fsp3) is 0.500. The van der Waals surface area contributed by atoms with Gasteiger partial charge in [-0.15, -0.1) is 0 Å². The molecular weight excluding hydrogens is 284 g/mol. The van der Waals surface area contributed by atoms with Crippen LogP contribution in [-0.4, -0.2) is 20.5 Å². The van der Waals surface area contributed by atoms with Crippen molar-refractivity contribution < 1.29 is 8.42 Å². The molecule has 4 nitrogen and oxygen atoms in total. The molecular formula is C16H24N2O2S. The van der Waals surface area contributed by atoms with Crippen LogP contribution in [0.3, 0.4) is 0 Å². The van der Waals surface area contributed by atoms with Gasteiger partial charge in [-0.1, -0.05) is 44.7 Å². The van der Waals surface area contributed by atoms with Gasteiger partial charge in [0, 0.05) is 11.1 Å². The van der Waals surface area contributed by atoms with Crippen molar-refractivity contribution in [2.75, 3.05) is 6.54 Å². The second-order valence-corrected chi connectivity index (χ2v) is 6.60. The van der Waals surface area contributed by atoms with Crippen LogP contribution < -0.4 is 10.5 Å². The number of nitrogens with one attached hydrogen (secondary N) is 1. The summed E-state index contributed by atoms with van der Waals surface area (Å²) in [6.07, 6.45) is 2.24. The van der Waals surface area contributed by atoms with Crippen LogP contribution in [0, 0.1) is 11.8 Å². The molecule has 0 heterocycles. The summed E-state index contributed by atoms with van der Waals surface area (Å²) in [6.45, 7) is 6.19. The molecule has 0 aromatic heterocycles.